The minimum Gasteiger partial charge on any atom is -0.465 e. The fraction of sp³-hybridized carbons (Fsp3) is 0.250. The molecule has 2 atom stereocenters. The molecule has 1 aliphatic heterocycles. The van der Waals surface area contributed by atoms with Crippen molar-refractivity contribution >= 4 is 34.9 Å². The lowest BCUT2D eigenvalue weighted by molar-refractivity contribution is -0.116. The first-order chi connectivity index (χ1) is 19.8. The molecule has 1 saturated heterocycles. The third-order valence-electron chi connectivity index (χ3n) is 7.43. The van der Waals surface area contributed by atoms with Gasteiger partial charge in [-0.2, -0.15) is 0 Å². The van der Waals surface area contributed by atoms with E-state index < -0.39 is 0 Å². The van der Waals surface area contributed by atoms with Crippen molar-refractivity contribution in [3.05, 3.63) is 113 Å². The van der Waals surface area contributed by atoms with E-state index in [-0.39, 0.29) is 30.4 Å². The Balaban J connectivity index is 1.48. The van der Waals surface area contributed by atoms with E-state index in [1.807, 2.05) is 74.5 Å². The minimum absolute atomic E-state index is 0.0817. The zero-order valence-corrected chi connectivity index (χ0v) is 24.4. The summed E-state index contributed by atoms with van der Waals surface area (Å²) in [6.07, 6.45) is 2.04. The van der Waals surface area contributed by atoms with Crippen LogP contribution in [-0.2, 0) is 9.53 Å². The van der Waals surface area contributed by atoms with Gasteiger partial charge < -0.3 is 24.8 Å². The molecule has 210 valence electrons. The molecular weight excluding hydrogens is 534 g/mol. The molecule has 9 heteroatoms. The standard InChI is InChI=1S/C32H33N5O3S/c1-20-11-13-24(14-12-20)34-28(38)15-17-36-30(29(35-32(36)41)27-10-5-6-16-33-27)26-18-21(2)37(22(26)3)25-9-7-8-23(19-25)31(39)40-4/h5-14,16,18-19,29-30H,15,17H2,1-4H3,(H,34,38)(H,35,41)/t29-,30-/m0/s1. The maximum absolute atomic E-state index is 12.9. The number of anilines is 1. The molecule has 1 amide bonds. The third kappa shape index (κ3) is 5.85. The summed E-state index contributed by atoms with van der Waals surface area (Å²) in [5.41, 5.74) is 7.19. The number of aryl methyl sites for hydroxylation is 2. The van der Waals surface area contributed by atoms with Gasteiger partial charge in [0.25, 0.3) is 0 Å². The molecular formula is C32H33N5O3S. The Morgan fingerprint density at radius 2 is 1.80 bits per heavy atom. The van der Waals surface area contributed by atoms with Gasteiger partial charge in [-0.15, -0.1) is 0 Å². The van der Waals surface area contributed by atoms with Gasteiger partial charge in [0.05, 0.1) is 30.5 Å². The maximum Gasteiger partial charge on any atom is 0.337 e. The molecule has 1 aliphatic rings. The number of aromatic nitrogens is 2. The van der Waals surface area contributed by atoms with Crippen molar-refractivity contribution < 1.29 is 14.3 Å². The van der Waals surface area contributed by atoms with Crippen LogP contribution < -0.4 is 10.6 Å². The Morgan fingerprint density at radius 1 is 1.02 bits per heavy atom. The van der Waals surface area contributed by atoms with Gasteiger partial charge in [0, 0.05) is 41.9 Å². The number of ether oxygens (including phenoxy) is 1. The molecule has 0 radical (unpaired) electrons. The second-order valence-electron chi connectivity index (χ2n) is 10.2. The maximum atomic E-state index is 12.9. The monoisotopic (exact) mass is 567 g/mol. The lowest BCUT2D eigenvalue weighted by atomic mass is 9.96. The van der Waals surface area contributed by atoms with Crippen molar-refractivity contribution in [3.8, 4) is 5.69 Å². The Labute approximate surface area is 245 Å². The van der Waals surface area contributed by atoms with Crippen LogP contribution in [0, 0.1) is 20.8 Å². The highest BCUT2D eigenvalue weighted by atomic mass is 32.1. The predicted octanol–water partition coefficient (Wildman–Crippen LogP) is 5.59. The molecule has 4 aromatic rings. The van der Waals surface area contributed by atoms with Crippen molar-refractivity contribution in [1.29, 1.82) is 0 Å². The van der Waals surface area contributed by atoms with Gasteiger partial charge in [-0.25, -0.2) is 4.79 Å². The largest absolute Gasteiger partial charge is 0.465 e. The Kier molecular flexibility index (Phi) is 8.16. The van der Waals surface area contributed by atoms with Gasteiger partial charge in [-0.1, -0.05) is 29.8 Å². The van der Waals surface area contributed by atoms with Gasteiger partial charge in [-0.05, 0) is 87.1 Å². The number of pyridine rings is 1. The summed E-state index contributed by atoms with van der Waals surface area (Å²) in [5, 5.41) is 7.03. The number of benzene rings is 2. The lowest BCUT2D eigenvalue weighted by Crippen LogP contribution is -2.32. The number of esters is 1. The van der Waals surface area contributed by atoms with Crippen LogP contribution >= 0.6 is 12.2 Å². The van der Waals surface area contributed by atoms with Gasteiger partial charge >= 0.3 is 5.97 Å². The van der Waals surface area contributed by atoms with Crippen LogP contribution in [0.5, 0.6) is 0 Å². The van der Waals surface area contributed by atoms with Crippen LogP contribution in [0.25, 0.3) is 5.69 Å². The molecule has 2 aromatic heterocycles. The second-order valence-corrected chi connectivity index (χ2v) is 10.6. The van der Waals surface area contributed by atoms with Crippen molar-refractivity contribution in [2.75, 3.05) is 19.0 Å². The van der Waals surface area contributed by atoms with Crippen LogP contribution in [-0.4, -0.2) is 45.1 Å². The molecule has 1 fully saturated rings. The molecule has 3 heterocycles. The van der Waals surface area contributed by atoms with E-state index in [2.05, 4.69) is 38.1 Å². The number of hydrogen-bond donors (Lipinski definition) is 2. The number of hydrogen-bond acceptors (Lipinski definition) is 5. The van der Waals surface area contributed by atoms with Gasteiger partial charge in [0.1, 0.15) is 0 Å². The number of nitrogens with one attached hydrogen (secondary N) is 2. The number of rotatable bonds is 8. The first kappa shape index (κ1) is 28.0. The van der Waals surface area contributed by atoms with E-state index in [0.717, 1.165) is 39.6 Å². The fourth-order valence-corrected chi connectivity index (χ4v) is 5.77. The highest BCUT2D eigenvalue weighted by Crippen LogP contribution is 2.41. The van der Waals surface area contributed by atoms with Gasteiger partial charge in [0.15, 0.2) is 5.11 Å². The Morgan fingerprint density at radius 3 is 2.51 bits per heavy atom. The summed E-state index contributed by atoms with van der Waals surface area (Å²) in [6, 6.07) is 22.7. The second kappa shape index (κ2) is 11.9. The van der Waals surface area contributed by atoms with Crippen LogP contribution in [0.3, 0.4) is 0 Å². The van der Waals surface area contributed by atoms with Crippen molar-refractivity contribution in [1.82, 2.24) is 19.8 Å². The number of carbonyl (C=O) groups excluding carboxylic acids is 2. The summed E-state index contributed by atoms with van der Waals surface area (Å²) in [6.45, 7) is 6.54. The summed E-state index contributed by atoms with van der Waals surface area (Å²) >= 11 is 5.82. The van der Waals surface area contributed by atoms with E-state index in [4.69, 9.17) is 17.0 Å². The molecule has 0 unspecified atom stereocenters. The third-order valence-corrected chi connectivity index (χ3v) is 7.78. The van der Waals surface area contributed by atoms with Crippen molar-refractivity contribution in [3.63, 3.8) is 0 Å². The SMILES string of the molecule is COC(=O)c1cccc(-n2c(C)cc([C@H]3[C@H](c4ccccn4)NC(=S)N3CCC(=O)Nc3ccc(C)cc3)c2C)c1. The van der Waals surface area contributed by atoms with Crippen molar-refractivity contribution in [2.45, 2.75) is 39.3 Å². The molecule has 8 nitrogen and oxygen atoms in total. The normalized spacial score (nSPS) is 16.4. The Bertz CT molecular complexity index is 1580. The molecule has 2 aromatic carbocycles. The number of methoxy groups -OCH3 is 1. The van der Waals surface area contributed by atoms with E-state index in [1.54, 1.807) is 12.3 Å². The number of thiocarbonyl (C=S) groups is 1. The zero-order valence-electron chi connectivity index (χ0n) is 23.5. The van der Waals surface area contributed by atoms with Gasteiger partial charge in [-0.3, -0.25) is 9.78 Å². The first-order valence-corrected chi connectivity index (χ1v) is 13.9. The first-order valence-electron chi connectivity index (χ1n) is 13.5. The average molecular weight is 568 g/mol. The summed E-state index contributed by atoms with van der Waals surface area (Å²) in [5.74, 6) is -0.466. The molecule has 0 bridgehead atoms. The number of amides is 1. The topological polar surface area (TPSA) is 88.5 Å². The quantitative estimate of drug-likeness (QED) is 0.212. The molecule has 2 N–H and O–H groups in total. The van der Waals surface area contributed by atoms with Crippen molar-refractivity contribution in [2.24, 2.45) is 0 Å². The summed E-state index contributed by atoms with van der Waals surface area (Å²) in [4.78, 5) is 31.9. The van der Waals surface area contributed by atoms with Crippen LogP contribution in [0.2, 0.25) is 0 Å². The highest BCUT2D eigenvalue weighted by Gasteiger charge is 2.41. The average Bonchev–Trinajstić information content (AvgIpc) is 3.47. The van der Waals surface area contributed by atoms with Crippen LogP contribution in [0.4, 0.5) is 5.69 Å². The van der Waals surface area contributed by atoms with E-state index in [1.165, 1.54) is 7.11 Å². The number of nitrogens with zero attached hydrogens (tertiary/aromatic N) is 3. The lowest BCUT2D eigenvalue weighted by Gasteiger charge is -2.28. The van der Waals surface area contributed by atoms with E-state index in [0.29, 0.717) is 17.2 Å². The molecule has 0 aliphatic carbocycles. The van der Waals surface area contributed by atoms with E-state index >= 15 is 0 Å². The molecule has 0 saturated carbocycles. The predicted molar refractivity (Wildman–Crippen MR) is 163 cm³/mol. The number of carbonyl (C=O) groups is 2. The fourth-order valence-electron chi connectivity index (χ4n) is 5.44. The highest BCUT2D eigenvalue weighted by molar-refractivity contribution is 7.80. The van der Waals surface area contributed by atoms with Gasteiger partial charge in [0.2, 0.25) is 5.91 Å². The Hall–Kier alpha value is -4.50. The smallest absolute Gasteiger partial charge is 0.337 e. The van der Waals surface area contributed by atoms with E-state index in [9.17, 15) is 9.59 Å². The minimum atomic E-state index is -0.384. The van der Waals surface area contributed by atoms with Crippen LogP contribution in [0.1, 0.15) is 57.1 Å². The summed E-state index contributed by atoms with van der Waals surface area (Å²) < 4.78 is 7.06. The zero-order chi connectivity index (χ0) is 29.1. The molecule has 0 spiro atoms. The molecule has 41 heavy (non-hydrogen) atoms. The molecule has 5 rings (SSSR count). The van der Waals surface area contributed by atoms with Crippen LogP contribution in [0.15, 0.2) is 79.0 Å². The summed E-state index contributed by atoms with van der Waals surface area (Å²) in [7, 11) is 1.38.